The second kappa shape index (κ2) is 8.37. The molecule has 0 radical (unpaired) electrons. The summed E-state index contributed by atoms with van der Waals surface area (Å²) in [5.41, 5.74) is 9.19. The summed E-state index contributed by atoms with van der Waals surface area (Å²) in [6.07, 6.45) is 6.97. The molecule has 1 aromatic carbocycles. The number of rotatable bonds is 10. The van der Waals surface area contributed by atoms with Gasteiger partial charge in [-0.1, -0.05) is 24.3 Å². The lowest BCUT2D eigenvalue weighted by Gasteiger charge is -2.60. The highest BCUT2D eigenvalue weighted by atomic mass is 17.0. The van der Waals surface area contributed by atoms with Crippen LogP contribution in [0, 0.1) is 43.9 Å². The van der Waals surface area contributed by atoms with E-state index in [0.29, 0.717) is 31.1 Å². The topological polar surface area (TPSA) is 131 Å². The van der Waals surface area contributed by atoms with E-state index in [1.807, 2.05) is 12.1 Å². The van der Waals surface area contributed by atoms with Crippen molar-refractivity contribution < 1.29 is 19.8 Å². The molecule has 5 rings (SSSR count). The highest BCUT2D eigenvalue weighted by Gasteiger charge is 2.55. The number of hydrogen-bond acceptors (Lipinski definition) is 7. The van der Waals surface area contributed by atoms with Gasteiger partial charge in [-0.3, -0.25) is 0 Å². The first-order valence-corrected chi connectivity index (χ1v) is 10.8. The lowest BCUT2D eigenvalue weighted by atomic mass is 9.47. The average Bonchev–Trinajstić information content (AvgIpc) is 2.69. The van der Waals surface area contributed by atoms with Crippen molar-refractivity contribution in [3.8, 4) is 0 Å². The van der Waals surface area contributed by atoms with Crippen LogP contribution in [0.15, 0.2) is 24.3 Å². The predicted molar refractivity (Wildman–Crippen MR) is 107 cm³/mol. The van der Waals surface area contributed by atoms with Crippen molar-refractivity contribution in [1.29, 1.82) is 0 Å². The molecule has 30 heavy (non-hydrogen) atoms. The first kappa shape index (κ1) is 20.8. The summed E-state index contributed by atoms with van der Waals surface area (Å²) in [4.78, 5) is 29.7. The summed E-state index contributed by atoms with van der Waals surface area (Å²) in [5, 5.41) is 19.1. The normalized spacial score (nSPS) is 32.6. The molecule has 0 aliphatic heterocycles. The molecule has 0 aromatic heterocycles. The summed E-state index contributed by atoms with van der Waals surface area (Å²) < 4.78 is 0. The zero-order chi connectivity index (χ0) is 21.3. The molecule has 4 aliphatic carbocycles. The second-order valence-corrected chi connectivity index (χ2v) is 9.30. The van der Waals surface area contributed by atoms with Crippen molar-refractivity contribution in [3.05, 3.63) is 55.6 Å². The quantitative estimate of drug-likeness (QED) is 0.454. The Morgan fingerprint density at radius 3 is 2.33 bits per heavy atom. The Kier molecular flexibility index (Phi) is 5.81. The van der Waals surface area contributed by atoms with E-state index in [0.717, 1.165) is 17.4 Å². The van der Waals surface area contributed by atoms with Crippen LogP contribution in [0.3, 0.4) is 0 Å². The number of hydrogen-bond donors (Lipinski definition) is 1. The Balaban J connectivity index is 1.39. The van der Waals surface area contributed by atoms with Gasteiger partial charge in [-0.05, 0) is 86.2 Å². The fourth-order valence-electron chi connectivity index (χ4n) is 6.40. The second-order valence-electron chi connectivity index (χ2n) is 9.30. The van der Waals surface area contributed by atoms with Gasteiger partial charge in [0.1, 0.15) is 12.7 Å². The van der Waals surface area contributed by atoms with E-state index >= 15 is 0 Å². The third kappa shape index (κ3) is 4.21. The fraction of sp³-hybridized carbons (Fsp3) is 0.714. The van der Waals surface area contributed by atoms with Gasteiger partial charge in [0.2, 0.25) is 0 Å². The van der Waals surface area contributed by atoms with E-state index in [1.54, 1.807) is 0 Å². The smallest absolute Gasteiger partial charge is 0.294 e. The zero-order valence-electron chi connectivity index (χ0n) is 17.0. The van der Waals surface area contributed by atoms with Gasteiger partial charge < -0.3 is 15.4 Å². The molecular formula is C21H29N3O6. The van der Waals surface area contributed by atoms with Gasteiger partial charge in [0.05, 0.1) is 0 Å². The van der Waals surface area contributed by atoms with E-state index in [-0.39, 0.29) is 5.54 Å². The summed E-state index contributed by atoms with van der Waals surface area (Å²) in [6.45, 7) is -0.453. The van der Waals surface area contributed by atoms with Crippen LogP contribution in [0.4, 0.5) is 0 Å². The molecule has 0 saturated heterocycles. The molecule has 1 unspecified atom stereocenters. The van der Waals surface area contributed by atoms with E-state index in [1.165, 1.54) is 37.7 Å². The molecule has 9 nitrogen and oxygen atoms in total. The molecule has 1 atom stereocenters. The Bertz CT molecular complexity index is 773. The van der Waals surface area contributed by atoms with Crippen molar-refractivity contribution in [2.75, 3.05) is 6.61 Å². The Hall–Kier alpha value is -2.42. The molecule has 164 valence electrons. The van der Waals surface area contributed by atoms with E-state index in [4.69, 9.17) is 5.73 Å². The minimum absolute atomic E-state index is 0.250. The van der Waals surface area contributed by atoms with Gasteiger partial charge in [0.25, 0.3) is 10.2 Å². The van der Waals surface area contributed by atoms with Crippen LogP contribution >= 0.6 is 0 Å². The van der Waals surface area contributed by atoms with Crippen LogP contribution in [-0.4, -0.2) is 22.9 Å². The van der Waals surface area contributed by atoms with Crippen LogP contribution in [0.1, 0.15) is 56.1 Å². The molecule has 9 heteroatoms. The fourth-order valence-corrected chi connectivity index (χ4v) is 6.40. The monoisotopic (exact) mass is 419 g/mol. The van der Waals surface area contributed by atoms with E-state index < -0.39 is 22.9 Å². The molecule has 4 bridgehead atoms. The molecule has 0 amide bonds. The molecule has 4 fully saturated rings. The van der Waals surface area contributed by atoms with Crippen LogP contribution in [0.25, 0.3) is 0 Å². The number of aryl methyl sites for hydroxylation is 1. The van der Waals surface area contributed by atoms with Crippen molar-refractivity contribution >= 4 is 0 Å². The van der Waals surface area contributed by atoms with E-state index in [2.05, 4.69) is 21.8 Å². The van der Waals surface area contributed by atoms with Crippen LogP contribution < -0.4 is 5.73 Å². The largest absolute Gasteiger partial charge is 0.321 e. The van der Waals surface area contributed by atoms with Gasteiger partial charge in [0.15, 0.2) is 0 Å². The summed E-state index contributed by atoms with van der Waals surface area (Å²) in [6, 6.07) is 8.43. The standard InChI is InChI=1S/C21H29N3O6/c22-21(18-9-15-7-16(11-18)12-19(21)10-15)17-5-1-3-14(8-17)4-2-6-20(30-24(27)28)13-29-23(25)26/h1,3,5,8,15-16,18-20H,2,4,6-7,9-13,22H2. The van der Waals surface area contributed by atoms with Crippen molar-refractivity contribution in [3.63, 3.8) is 0 Å². The van der Waals surface area contributed by atoms with Gasteiger partial charge >= 0.3 is 0 Å². The number of benzene rings is 1. The third-order valence-corrected chi connectivity index (χ3v) is 7.51. The molecule has 1 aromatic rings. The highest BCUT2D eigenvalue weighted by molar-refractivity contribution is 5.33. The van der Waals surface area contributed by atoms with Gasteiger partial charge in [-0.2, -0.15) is 0 Å². The van der Waals surface area contributed by atoms with Gasteiger partial charge in [-0.25, -0.2) is 0 Å². The highest BCUT2D eigenvalue weighted by Crippen LogP contribution is 2.60. The first-order valence-electron chi connectivity index (χ1n) is 10.8. The van der Waals surface area contributed by atoms with Crippen LogP contribution in [0.2, 0.25) is 0 Å². The number of nitrogens with two attached hydrogens (primary N) is 1. The van der Waals surface area contributed by atoms with Crippen molar-refractivity contribution in [2.45, 2.75) is 63.0 Å². The lowest BCUT2D eigenvalue weighted by Crippen LogP contribution is -2.60. The molecule has 2 N–H and O–H groups in total. The maximum Gasteiger partial charge on any atom is 0.294 e. The molecule has 0 heterocycles. The average molecular weight is 419 g/mol. The Labute approximate surface area is 175 Å². The van der Waals surface area contributed by atoms with Crippen LogP contribution in [0.5, 0.6) is 0 Å². The molecule has 4 aliphatic rings. The third-order valence-electron chi connectivity index (χ3n) is 7.51. The molecule has 0 spiro atoms. The van der Waals surface area contributed by atoms with Crippen molar-refractivity contribution in [2.24, 2.45) is 29.4 Å². The van der Waals surface area contributed by atoms with Crippen LogP contribution in [-0.2, 0) is 21.6 Å². The van der Waals surface area contributed by atoms with Crippen molar-refractivity contribution in [1.82, 2.24) is 0 Å². The Morgan fingerprint density at radius 2 is 1.73 bits per heavy atom. The number of nitrogens with zero attached hydrogens (tertiary/aromatic N) is 2. The summed E-state index contributed by atoms with van der Waals surface area (Å²) in [5.74, 6) is 2.82. The van der Waals surface area contributed by atoms with Gasteiger partial charge in [-0.15, -0.1) is 20.2 Å². The molecule has 4 saturated carbocycles. The Morgan fingerprint density at radius 1 is 1.07 bits per heavy atom. The summed E-state index contributed by atoms with van der Waals surface area (Å²) >= 11 is 0. The lowest BCUT2D eigenvalue weighted by molar-refractivity contribution is -0.790. The van der Waals surface area contributed by atoms with E-state index in [9.17, 15) is 20.2 Å². The predicted octanol–water partition coefficient (Wildman–Crippen LogP) is 3.40. The SMILES string of the molecule is NC1(c2cccc(CCCC(CO[N+](=O)[O-])O[N+](=O)[O-])c2)C2CC3CC(C2)CC1C3. The first-order chi connectivity index (χ1) is 14.3. The maximum atomic E-state index is 10.6. The molecular weight excluding hydrogens is 390 g/mol. The minimum Gasteiger partial charge on any atom is -0.321 e. The summed E-state index contributed by atoms with van der Waals surface area (Å²) in [7, 11) is 0. The maximum absolute atomic E-state index is 10.6. The van der Waals surface area contributed by atoms with Gasteiger partial charge in [0, 0.05) is 5.54 Å². The minimum atomic E-state index is -0.967. The zero-order valence-corrected chi connectivity index (χ0v) is 17.0.